The molecule has 0 fully saturated rings. The highest BCUT2D eigenvalue weighted by Gasteiger charge is 2.17. The summed E-state index contributed by atoms with van der Waals surface area (Å²) in [5.41, 5.74) is -1.73. The van der Waals surface area contributed by atoms with Crippen molar-refractivity contribution in [1.82, 2.24) is 13.7 Å². The average molecular weight is 253 g/mol. The van der Waals surface area contributed by atoms with Gasteiger partial charge in [0.15, 0.2) is 0 Å². The lowest BCUT2D eigenvalue weighted by Gasteiger charge is -2.17. The molecule has 0 bridgehead atoms. The average Bonchev–Trinajstić information content (AvgIpc) is 2.23. The van der Waals surface area contributed by atoms with E-state index in [0.717, 1.165) is 13.7 Å². The van der Waals surface area contributed by atoms with E-state index in [-0.39, 0.29) is 18.6 Å². The lowest BCUT2D eigenvalue weighted by atomic mass is 10.3. The molecular formula is C12H19N3O3. The predicted molar refractivity (Wildman–Crippen MR) is 70.2 cm³/mol. The molecule has 1 rings (SSSR count). The number of allylic oxidation sites excluding steroid dienone is 1. The molecule has 6 heteroatoms. The summed E-state index contributed by atoms with van der Waals surface area (Å²) in [6, 6.07) is -0.599. The summed E-state index contributed by atoms with van der Waals surface area (Å²) >= 11 is 0. The topological polar surface area (TPSA) is 66.0 Å². The maximum absolute atomic E-state index is 12.1. The van der Waals surface area contributed by atoms with Crippen molar-refractivity contribution in [3.63, 3.8) is 0 Å². The highest BCUT2D eigenvalue weighted by molar-refractivity contribution is 4.85. The van der Waals surface area contributed by atoms with Crippen molar-refractivity contribution >= 4 is 0 Å². The smallest absolute Gasteiger partial charge is 0.247 e. The molecule has 0 unspecified atom stereocenters. The molecule has 18 heavy (non-hydrogen) atoms. The van der Waals surface area contributed by atoms with Crippen LogP contribution in [-0.4, -0.2) is 13.7 Å². The Morgan fingerprint density at radius 3 is 1.61 bits per heavy atom. The van der Waals surface area contributed by atoms with E-state index in [9.17, 15) is 14.4 Å². The molecule has 0 aliphatic heterocycles. The van der Waals surface area contributed by atoms with Crippen LogP contribution in [0.3, 0.4) is 0 Å². The zero-order valence-corrected chi connectivity index (χ0v) is 11.2. The Labute approximate surface area is 105 Å². The van der Waals surface area contributed by atoms with E-state index in [1.54, 1.807) is 27.7 Å². The summed E-state index contributed by atoms with van der Waals surface area (Å²) in [5, 5.41) is 0. The largest absolute Gasteiger partial charge is 0.336 e. The molecule has 0 aliphatic rings. The Morgan fingerprint density at radius 2 is 1.33 bits per heavy atom. The van der Waals surface area contributed by atoms with E-state index < -0.39 is 17.1 Å². The van der Waals surface area contributed by atoms with Gasteiger partial charge in [-0.1, -0.05) is 6.08 Å². The van der Waals surface area contributed by atoms with Crippen LogP contribution in [0.5, 0.6) is 0 Å². The highest BCUT2D eigenvalue weighted by atomic mass is 16.2. The van der Waals surface area contributed by atoms with Crippen LogP contribution in [0, 0.1) is 0 Å². The van der Waals surface area contributed by atoms with Gasteiger partial charge in [0.1, 0.15) is 0 Å². The fourth-order valence-corrected chi connectivity index (χ4v) is 1.79. The third-order valence-electron chi connectivity index (χ3n) is 2.63. The van der Waals surface area contributed by atoms with Crippen LogP contribution in [-0.2, 0) is 6.54 Å². The summed E-state index contributed by atoms with van der Waals surface area (Å²) in [6.45, 7) is 10.5. The van der Waals surface area contributed by atoms with Crippen LogP contribution < -0.4 is 17.1 Å². The van der Waals surface area contributed by atoms with Gasteiger partial charge in [-0.25, -0.2) is 28.1 Å². The van der Waals surface area contributed by atoms with E-state index >= 15 is 0 Å². The first-order chi connectivity index (χ1) is 8.32. The SMILES string of the molecule is C=CCn1c(=O)n(C(C)C)c(=O)n(C(C)C)c1=O. The molecule has 100 valence electrons. The monoisotopic (exact) mass is 253 g/mol. The fraction of sp³-hybridized carbons (Fsp3) is 0.583. The van der Waals surface area contributed by atoms with Gasteiger partial charge in [0, 0.05) is 12.1 Å². The van der Waals surface area contributed by atoms with Crippen molar-refractivity contribution in [2.45, 2.75) is 46.3 Å². The zero-order valence-electron chi connectivity index (χ0n) is 11.2. The van der Waals surface area contributed by atoms with Crippen LogP contribution in [0.2, 0.25) is 0 Å². The molecule has 0 N–H and O–H groups in total. The first-order valence-electron chi connectivity index (χ1n) is 5.91. The van der Waals surface area contributed by atoms with Gasteiger partial charge in [-0.05, 0) is 27.7 Å². The van der Waals surface area contributed by atoms with Gasteiger partial charge in [0.05, 0.1) is 6.54 Å². The molecule has 0 spiro atoms. The quantitative estimate of drug-likeness (QED) is 0.735. The minimum absolute atomic E-state index is 0.0946. The zero-order chi connectivity index (χ0) is 14.0. The Bertz CT molecular complexity index is 571. The van der Waals surface area contributed by atoms with E-state index in [4.69, 9.17) is 0 Å². The number of rotatable bonds is 4. The number of nitrogens with zero attached hydrogens (tertiary/aromatic N) is 3. The van der Waals surface area contributed by atoms with E-state index in [2.05, 4.69) is 6.58 Å². The highest BCUT2D eigenvalue weighted by Crippen LogP contribution is 1.97. The number of hydrogen-bond donors (Lipinski definition) is 0. The molecular weight excluding hydrogens is 234 g/mol. The van der Waals surface area contributed by atoms with E-state index in [1.807, 2.05) is 0 Å². The lowest BCUT2D eigenvalue weighted by molar-refractivity contribution is 0.406. The first-order valence-corrected chi connectivity index (χ1v) is 5.91. The van der Waals surface area contributed by atoms with Crippen LogP contribution in [0.15, 0.2) is 27.0 Å². The molecule has 0 aliphatic carbocycles. The van der Waals surface area contributed by atoms with Crippen molar-refractivity contribution in [2.75, 3.05) is 0 Å². The van der Waals surface area contributed by atoms with E-state index in [0.29, 0.717) is 0 Å². The van der Waals surface area contributed by atoms with Crippen LogP contribution in [0.25, 0.3) is 0 Å². The maximum Gasteiger partial charge on any atom is 0.336 e. The Kier molecular flexibility index (Phi) is 4.11. The Hall–Kier alpha value is -1.85. The second kappa shape index (κ2) is 5.20. The van der Waals surface area contributed by atoms with Crippen LogP contribution in [0.1, 0.15) is 39.8 Å². The molecule has 0 aromatic carbocycles. The van der Waals surface area contributed by atoms with Gasteiger partial charge in [-0.2, -0.15) is 0 Å². The van der Waals surface area contributed by atoms with Crippen LogP contribution in [0.4, 0.5) is 0 Å². The van der Waals surface area contributed by atoms with Gasteiger partial charge < -0.3 is 0 Å². The summed E-state index contributed by atoms with van der Waals surface area (Å²) in [5.74, 6) is 0. The predicted octanol–water partition coefficient (Wildman–Crippen LogP) is 0.519. The van der Waals surface area contributed by atoms with E-state index in [1.165, 1.54) is 6.08 Å². The number of hydrogen-bond acceptors (Lipinski definition) is 3. The minimum atomic E-state index is -0.586. The van der Waals surface area contributed by atoms with Crippen molar-refractivity contribution in [3.05, 3.63) is 44.1 Å². The second-order valence-electron chi connectivity index (χ2n) is 4.67. The van der Waals surface area contributed by atoms with Crippen molar-refractivity contribution in [1.29, 1.82) is 0 Å². The molecule has 1 aromatic heterocycles. The Balaban J connectivity index is 3.88. The van der Waals surface area contributed by atoms with Crippen molar-refractivity contribution < 1.29 is 0 Å². The molecule has 1 heterocycles. The van der Waals surface area contributed by atoms with Gasteiger partial charge >= 0.3 is 17.1 Å². The third kappa shape index (κ3) is 2.23. The van der Waals surface area contributed by atoms with Gasteiger partial charge in [0.25, 0.3) is 0 Å². The first kappa shape index (κ1) is 14.2. The molecule has 0 atom stereocenters. The van der Waals surface area contributed by atoms with Crippen molar-refractivity contribution in [2.24, 2.45) is 0 Å². The van der Waals surface area contributed by atoms with Gasteiger partial charge in [-0.3, -0.25) is 0 Å². The second-order valence-corrected chi connectivity index (χ2v) is 4.67. The Morgan fingerprint density at radius 1 is 0.944 bits per heavy atom. The molecule has 0 amide bonds. The molecule has 1 aromatic rings. The number of aromatic nitrogens is 3. The molecule has 6 nitrogen and oxygen atoms in total. The standard InChI is InChI=1S/C12H19N3O3/c1-6-7-13-10(16)14(8(2)3)12(18)15(9(4)5)11(13)17/h6,8-9H,1,7H2,2-5H3. The molecule has 0 saturated carbocycles. The fourth-order valence-electron chi connectivity index (χ4n) is 1.79. The summed E-state index contributed by atoms with van der Waals surface area (Å²) in [6.07, 6.45) is 1.46. The lowest BCUT2D eigenvalue weighted by Crippen LogP contribution is -2.55. The van der Waals surface area contributed by atoms with Crippen molar-refractivity contribution in [3.8, 4) is 0 Å². The summed E-state index contributed by atoms with van der Waals surface area (Å²) < 4.78 is 3.20. The molecule has 0 saturated heterocycles. The molecule has 0 radical (unpaired) electrons. The van der Waals surface area contributed by atoms with Gasteiger partial charge in [-0.15, -0.1) is 6.58 Å². The summed E-state index contributed by atoms with van der Waals surface area (Å²) in [7, 11) is 0. The summed E-state index contributed by atoms with van der Waals surface area (Å²) in [4.78, 5) is 36.3. The maximum atomic E-state index is 12.1. The van der Waals surface area contributed by atoms with Crippen LogP contribution >= 0.6 is 0 Å². The normalized spacial score (nSPS) is 11.2. The third-order valence-corrected chi connectivity index (χ3v) is 2.63. The van der Waals surface area contributed by atoms with Gasteiger partial charge in [0.2, 0.25) is 0 Å². The minimum Gasteiger partial charge on any atom is -0.247 e.